The van der Waals surface area contributed by atoms with Crippen molar-refractivity contribution in [3.63, 3.8) is 0 Å². The smallest absolute Gasteiger partial charge is 0.266 e. The van der Waals surface area contributed by atoms with Gasteiger partial charge in [-0.05, 0) is 33.1 Å². The number of likely N-dealkylation sites (N-methyl/N-ethyl adjacent to an activating group) is 1. The van der Waals surface area contributed by atoms with Crippen LogP contribution in [0.4, 0.5) is 5.95 Å². The monoisotopic (exact) mass is 239 g/mol. The summed E-state index contributed by atoms with van der Waals surface area (Å²) in [5, 5.41) is 7.22. The van der Waals surface area contributed by atoms with Crippen LogP contribution in [0.2, 0.25) is 0 Å². The first-order valence-electron chi connectivity index (χ1n) is 5.99. The molecule has 1 aliphatic rings. The number of nitrogens with zero attached hydrogens (tertiary/aromatic N) is 4. The van der Waals surface area contributed by atoms with Gasteiger partial charge in [-0.1, -0.05) is 0 Å². The molecule has 6 heteroatoms. The van der Waals surface area contributed by atoms with E-state index in [1.165, 1.54) is 0 Å². The van der Waals surface area contributed by atoms with Gasteiger partial charge in [0.05, 0.1) is 5.54 Å². The molecule has 1 N–H and O–H groups in total. The molecule has 0 atom stereocenters. The zero-order valence-corrected chi connectivity index (χ0v) is 11.0. The Morgan fingerprint density at radius 2 is 1.88 bits per heavy atom. The number of piperazine rings is 1. The van der Waals surface area contributed by atoms with Crippen molar-refractivity contribution in [2.24, 2.45) is 0 Å². The summed E-state index contributed by atoms with van der Waals surface area (Å²) in [6, 6.07) is 0. The molecule has 1 fully saturated rings. The molecular formula is C11H21N5O. The zero-order valence-electron chi connectivity index (χ0n) is 11.0. The quantitative estimate of drug-likeness (QED) is 0.817. The summed E-state index contributed by atoms with van der Waals surface area (Å²) in [4.78, 5) is 8.93. The van der Waals surface area contributed by atoms with E-state index in [0.29, 0.717) is 11.8 Å². The Labute approximate surface area is 102 Å². The maximum atomic E-state index is 5.32. The van der Waals surface area contributed by atoms with Gasteiger partial charge in [0.25, 0.3) is 5.95 Å². The van der Waals surface area contributed by atoms with Gasteiger partial charge in [0.15, 0.2) is 0 Å². The lowest BCUT2D eigenvalue weighted by atomic mass is 10.1. The lowest BCUT2D eigenvalue weighted by molar-refractivity contribution is 0.279. The largest absolute Gasteiger partial charge is 0.336 e. The van der Waals surface area contributed by atoms with Gasteiger partial charge in [0.2, 0.25) is 5.89 Å². The normalized spacial score (nSPS) is 18.7. The predicted molar refractivity (Wildman–Crippen MR) is 66.1 cm³/mol. The van der Waals surface area contributed by atoms with E-state index < -0.39 is 0 Å². The third kappa shape index (κ3) is 2.58. The summed E-state index contributed by atoms with van der Waals surface area (Å²) in [5.74, 6) is 1.34. The standard InChI is InChI=1S/C11H21N5O/c1-11(2,12-3)9-13-10(14-17-9)16-7-5-15(4)6-8-16/h12H,5-8H2,1-4H3. The molecule has 0 saturated carbocycles. The van der Waals surface area contributed by atoms with Crippen molar-refractivity contribution in [2.45, 2.75) is 19.4 Å². The van der Waals surface area contributed by atoms with Crippen LogP contribution in [0, 0.1) is 0 Å². The van der Waals surface area contributed by atoms with Crippen LogP contribution in [0.5, 0.6) is 0 Å². The molecule has 0 amide bonds. The molecule has 0 bridgehead atoms. The molecule has 2 heterocycles. The Hall–Kier alpha value is -1.14. The first kappa shape index (κ1) is 12.3. The number of nitrogens with one attached hydrogen (secondary N) is 1. The van der Waals surface area contributed by atoms with Crippen molar-refractivity contribution in [2.75, 3.05) is 45.2 Å². The molecule has 1 aromatic heterocycles. The van der Waals surface area contributed by atoms with Crippen LogP contribution in [0.15, 0.2) is 4.52 Å². The Bertz CT molecular complexity index is 368. The van der Waals surface area contributed by atoms with E-state index >= 15 is 0 Å². The minimum atomic E-state index is -0.280. The molecule has 96 valence electrons. The van der Waals surface area contributed by atoms with Gasteiger partial charge in [-0.3, -0.25) is 0 Å². The molecule has 0 radical (unpaired) electrons. The third-order valence-electron chi connectivity index (χ3n) is 3.36. The molecule has 1 saturated heterocycles. The van der Waals surface area contributed by atoms with E-state index in [1.807, 2.05) is 20.9 Å². The number of aromatic nitrogens is 2. The molecule has 2 rings (SSSR count). The Morgan fingerprint density at radius 3 is 2.47 bits per heavy atom. The first-order valence-corrected chi connectivity index (χ1v) is 5.99. The SMILES string of the molecule is CNC(C)(C)c1nc(N2CCN(C)CC2)no1. The molecule has 0 unspecified atom stereocenters. The van der Waals surface area contributed by atoms with Crippen molar-refractivity contribution in [1.29, 1.82) is 0 Å². The van der Waals surface area contributed by atoms with Gasteiger partial charge in [-0.25, -0.2) is 0 Å². The molecule has 1 aromatic rings. The highest BCUT2D eigenvalue weighted by molar-refractivity contribution is 5.29. The summed E-state index contributed by atoms with van der Waals surface area (Å²) in [7, 11) is 4.02. The average molecular weight is 239 g/mol. The molecule has 1 aliphatic heterocycles. The van der Waals surface area contributed by atoms with Crippen molar-refractivity contribution in [3.8, 4) is 0 Å². The predicted octanol–water partition coefficient (Wildman–Crippen LogP) is 0.276. The van der Waals surface area contributed by atoms with E-state index in [2.05, 4.69) is 32.3 Å². The molecule has 0 aliphatic carbocycles. The van der Waals surface area contributed by atoms with Crippen LogP contribution in [0.25, 0.3) is 0 Å². The highest BCUT2D eigenvalue weighted by atomic mass is 16.5. The van der Waals surface area contributed by atoms with Gasteiger partial charge in [-0.2, -0.15) is 4.98 Å². The molecule has 6 nitrogen and oxygen atoms in total. The Morgan fingerprint density at radius 1 is 1.24 bits per heavy atom. The summed E-state index contributed by atoms with van der Waals surface area (Å²) < 4.78 is 5.32. The lowest BCUT2D eigenvalue weighted by Crippen LogP contribution is -2.45. The summed E-state index contributed by atoms with van der Waals surface area (Å²) >= 11 is 0. The Kier molecular flexibility index (Phi) is 3.35. The number of rotatable bonds is 3. The van der Waals surface area contributed by atoms with Crippen LogP contribution < -0.4 is 10.2 Å². The van der Waals surface area contributed by atoms with Crippen LogP contribution in [-0.2, 0) is 5.54 Å². The van der Waals surface area contributed by atoms with E-state index in [-0.39, 0.29) is 5.54 Å². The van der Waals surface area contributed by atoms with Crippen molar-refractivity contribution < 1.29 is 4.52 Å². The van der Waals surface area contributed by atoms with Gasteiger partial charge in [0, 0.05) is 26.2 Å². The van der Waals surface area contributed by atoms with Crippen LogP contribution in [-0.4, -0.2) is 55.3 Å². The third-order valence-corrected chi connectivity index (χ3v) is 3.36. The Balaban J connectivity index is 2.08. The zero-order chi connectivity index (χ0) is 12.5. The van der Waals surface area contributed by atoms with Gasteiger partial charge in [-0.15, -0.1) is 0 Å². The maximum Gasteiger partial charge on any atom is 0.266 e. The summed E-state index contributed by atoms with van der Waals surface area (Å²) in [6.07, 6.45) is 0. The van der Waals surface area contributed by atoms with E-state index in [9.17, 15) is 0 Å². The highest BCUT2D eigenvalue weighted by Crippen LogP contribution is 2.20. The van der Waals surface area contributed by atoms with Gasteiger partial charge < -0.3 is 19.6 Å². The minimum Gasteiger partial charge on any atom is -0.336 e. The number of anilines is 1. The second kappa shape index (κ2) is 4.62. The van der Waals surface area contributed by atoms with E-state index in [4.69, 9.17) is 4.52 Å². The fourth-order valence-corrected chi connectivity index (χ4v) is 1.71. The summed E-state index contributed by atoms with van der Waals surface area (Å²) in [5.41, 5.74) is -0.280. The highest BCUT2D eigenvalue weighted by Gasteiger charge is 2.27. The molecule has 0 aromatic carbocycles. The fraction of sp³-hybridized carbons (Fsp3) is 0.818. The van der Waals surface area contributed by atoms with Crippen LogP contribution in [0.1, 0.15) is 19.7 Å². The fourth-order valence-electron chi connectivity index (χ4n) is 1.71. The molecular weight excluding hydrogens is 218 g/mol. The van der Waals surface area contributed by atoms with E-state index in [0.717, 1.165) is 26.2 Å². The number of hydrogen-bond donors (Lipinski definition) is 1. The van der Waals surface area contributed by atoms with Crippen molar-refractivity contribution in [1.82, 2.24) is 20.4 Å². The second-order valence-corrected chi connectivity index (χ2v) is 5.06. The summed E-state index contributed by atoms with van der Waals surface area (Å²) in [6.45, 7) is 8.03. The van der Waals surface area contributed by atoms with Crippen LogP contribution >= 0.6 is 0 Å². The lowest BCUT2D eigenvalue weighted by Gasteiger charge is -2.31. The van der Waals surface area contributed by atoms with Gasteiger partial charge >= 0.3 is 0 Å². The number of hydrogen-bond acceptors (Lipinski definition) is 6. The first-order chi connectivity index (χ1) is 8.03. The van der Waals surface area contributed by atoms with Crippen molar-refractivity contribution in [3.05, 3.63) is 5.89 Å². The minimum absolute atomic E-state index is 0.280. The van der Waals surface area contributed by atoms with Crippen LogP contribution in [0.3, 0.4) is 0 Å². The molecule has 17 heavy (non-hydrogen) atoms. The second-order valence-electron chi connectivity index (χ2n) is 5.06. The topological polar surface area (TPSA) is 57.4 Å². The van der Waals surface area contributed by atoms with E-state index in [1.54, 1.807) is 0 Å². The van der Waals surface area contributed by atoms with Gasteiger partial charge in [0.1, 0.15) is 0 Å². The van der Waals surface area contributed by atoms with Crippen molar-refractivity contribution >= 4 is 5.95 Å². The average Bonchev–Trinajstić information content (AvgIpc) is 2.80. The molecule has 0 spiro atoms. The maximum absolute atomic E-state index is 5.32.